The average Bonchev–Trinajstić information content (AvgIpc) is 3.51. The van der Waals surface area contributed by atoms with E-state index in [-0.39, 0.29) is 17.9 Å². The molecule has 1 aliphatic rings. The van der Waals surface area contributed by atoms with Gasteiger partial charge < -0.3 is 13.7 Å². The first kappa shape index (κ1) is 18.5. The van der Waals surface area contributed by atoms with Crippen LogP contribution in [-0.4, -0.2) is 44.1 Å². The van der Waals surface area contributed by atoms with Gasteiger partial charge in [0.15, 0.2) is 5.58 Å². The van der Waals surface area contributed by atoms with Crippen molar-refractivity contribution in [3.05, 3.63) is 60.1 Å². The Morgan fingerprint density at radius 1 is 1.10 bits per heavy atom. The second-order valence-electron chi connectivity index (χ2n) is 7.66. The molecule has 8 heteroatoms. The van der Waals surface area contributed by atoms with E-state index in [0.717, 1.165) is 35.9 Å². The Morgan fingerprint density at radius 2 is 1.97 bits per heavy atom. The number of carbonyl (C=O) groups is 1. The van der Waals surface area contributed by atoms with Crippen molar-refractivity contribution >= 4 is 17.0 Å². The summed E-state index contributed by atoms with van der Waals surface area (Å²) in [5.74, 6) is 1.81. The molecule has 2 atom stereocenters. The van der Waals surface area contributed by atoms with Crippen LogP contribution in [0.4, 0.5) is 0 Å². The van der Waals surface area contributed by atoms with Crippen molar-refractivity contribution in [1.82, 2.24) is 25.1 Å². The molecule has 0 N–H and O–H groups in total. The highest BCUT2D eigenvalue weighted by atomic mass is 16.4. The molecule has 0 spiro atoms. The highest BCUT2D eigenvalue weighted by Crippen LogP contribution is 2.36. The largest absolute Gasteiger partial charge is 0.436 e. The van der Waals surface area contributed by atoms with Crippen LogP contribution in [0.5, 0.6) is 0 Å². The van der Waals surface area contributed by atoms with Crippen molar-refractivity contribution < 1.29 is 13.6 Å². The molecule has 1 amide bonds. The Labute approximate surface area is 172 Å². The molecule has 1 aliphatic carbocycles. The summed E-state index contributed by atoms with van der Waals surface area (Å²) in [6.07, 6.45) is 4.26. The summed E-state index contributed by atoms with van der Waals surface area (Å²) in [6.45, 7) is 1.79. The number of para-hydroxylation sites is 2. The maximum absolute atomic E-state index is 12.9. The molecule has 0 saturated heterocycles. The fraction of sp³-hybridized carbons (Fsp3) is 0.318. The van der Waals surface area contributed by atoms with E-state index < -0.39 is 0 Å². The van der Waals surface area contributed by atoms with Crippen LogP contribution in [0.2, 0.25) is 0 Å². The lowest BCUT2D eigenvalue weighted by Gasteiger charge is -2.24. The normalized spacial score (nSPS) is 18.7. The number of benzene rings is 1. The highest BCUT2D eigenvalue weighted by molar-refractivity contribution is 5.92. The highest BCUT2D eigenvalue weighted by Gasteiger charge is 2.34. The standard InChI is InChI=1S/C22H21N5O3/c1-13-25-26-21(29-13)14-7-9-16(11-14)27(2)22(28)18-10-8-15(12-23-18)20-24-17-5-3-4-6-19(17)30-20/h3-6,8,10,12,14,16H,7,9,11H2,1-2H3/t14-,16+/m0/s1. The fourth-order valence-corrected chi connectivity index (χ4v) is 4.00. The van der Waals surface area contributed by atoms with E-state index in [4.69, 9.17) is 8.83 Å². The van der Waals surface area contributed by atoms with Crippen LogP contribution in [0.3, 0.4) is 0 Å². The van der Waals surface area contributed by atoms with Gasteiger partial charge in [0.05, 0.1) is 5.56 Å². The fourth-order valence-electron chi connectivity index (χ4n) is 4.00. The van der Waals surface area contributed by atoms with Gasteiger partial charge in [-0.05, 0) is 43.5 Å². The summed E-state index contributed by atoms with van der Waals surface area (Å²) < 4.78 is 11.3. The zero-order valence-corrected chi connectivity index (χ0v) is 16.8. The topological polar surface area (TPSA) is 98.2 Å². The number of pyridine rings is 1. The Morgan fingerprint density at radius 3 is 2.70 bits per heavy atom. The number of rotatable bonds is 4. The predicted octanol–water partition coefficient (Wildman–Crippen LogP) is 3.99. The molecule has 8 nitrogen and oxygen atoms in total. The molecule has 30 heavy (non-hydrogen) atoms. The van der Waals surface area contributed by atoms with E-state index >= 15 is 0 Å². The van der Waals surface area contributed by atoms with Gasteiger partial charge in [-0.3, -0.25) is 9.78 Å². The molecular formula is C22H21N5O3. The summed E-state index contributed by atoms with van der Waals surface area (Å²) in [7, 11) is 1.82. The van der Waals surface area contributed by atoms with Gasteiger partial charge in [0, 0.05) is 32.1 Å². The maximum atomic E-state index is 12.9. The SMILES string of the molecule is Cc1nnc([C@H]2CC[C@@H](N(C)C(=O)c3ccc(-c4nc5ccccc5o4)cn3)C2)o1. The number of fused-ring (bicyclic) bond motifs is 1. The lowest BCUT2D eigenvalue weighted by Crippen LogP contribution is -2.35. The third kappa shape index (κ3) is 3.34. The lowest BCUT2D eigenvalue weighted by atomic mass is 10.1. The maximum Gasteiger partial charge on any atom is 0.272 e. The van der Waals surface area contributed by atoms with Crippen LogP contribution >= 0.6 is 0 Å². The first-order chi connectivity index (χ1) is 14.6. The van der Waals surface area contributed by atoms with Crippen LogP contribution in [0.15, 0.2) is 51.4 Å². The van der Waals surface area contributed by atoms with Gasteiger partial charge in [0.25, 0.3) is 5.91 Å². The van der Waals surface area contributed by atoms with Gasteiger partial charge in [0.1, 0.15) is 11.2 Å². The summed E-state index contributed by atoms with van der Waals surface area (Å²) in [4.78, 5) is 23.5. The molecule has 3 heterocycles. The van der Waals surface area contributed by atoms with E-state index in [0.29, 0.717) is 23.4 Å². The third-order valence-electron chi connectivity index (χ3n) is 5.69. The number of amides is 1. The molecule has 152 valence electrons. The molecule has 1 aromatic carbocycles. The van der Waals surface area contributed by atoms with E-state index in [9.17, 15) is 4.79 Å². The number of hydrogen-bond donors (Lipinski definition) is 0. The van der Waals surface area contributed by atoms with Gasteiger partial charge in [0.2, 0.25) is 17.7 Å². The van der Waals surface area contributed by atoms with Crippen molar-refractivity contribution in [2.45, 2.75) is 38.1 Å². The van der Waals surface area contributed by atoms with Crippen molar-refractivity contribution in [2.24, 2.45) is 0 Å². The summed E-state index contributed by atoms with van der Waals surface area (Å²) in [6, 6.07) is 11.2. The van der Waals surface area contributed by atoms with Crippen molar-refractivity contribution in [2.75, 3.05) is 7.05 Å². The van der Waals surface area contributed by atoms with Crippen molar-refractivity contribution in [3.63, 3.8) is 0 Å². The molecule has 4 aromatic rings. The number of aromatic nitrogens is 4. The Hall–Kier alpha value is -3.55. The summed E-state index contributed by atoms with van der Waals surface area (Å²) >= 11 is 0. The second kappa shape index (κ2) is 7.37. The average molecular weight is 403 g/mol. The molecule has 0 bridgehead atoms. The molecule has 3 aromatic heterocycles. The first-order valence-electron chi connectivity index (χ1n) is 9.97. The molecule has 0 unspecified atom stereocenters. The van der Waals surface area contributed by atoms with Gasteiger partial charge >= 0.3 is 0 Å². The van der Waals surface area contributed by atoms with Gasteiger partial charge in [-0.2, -0.15) is 0 Å². The van der Waals surface area contributed by atoms with Gasteiger partial charge in [-0.25, -0.2) is 4.98 Å². The minimum Gasteiger partial charge on any atom is -0.436 e. The van der Waals surface area contributed by atoms with Crippen LogP contribution in [0.1, 0.15) is 47.5 Å². The van der Waals surface area contributed by atoms with Crippen LogP contribution in [0, 0.1) is 6.92 Å². The number of carbonyl (C=O) groups excluding carboxylic acids is 1. The Kier molecular flexibility index (Phi) is 4.54. The molecular weight excluding hydrogens is 382 g/mol. The smallest absolute Gasteiger partial charge is 0.272 e. The van der Waals surface area contributed by atoms with E-state index in [1.54, 1.807) is 24.1 Å². The monoisotopic (exact) mass is 403 g/mol. The van der Waals surface area contributed by atoms with Crippen molar-refractivity contribution in [1.29, 1.82) is 0 Å². The Balaban J connectivity index is 1.29. The first-order valence-corrected chi connectivity index (χ1v) is 9.97. The summed E-state index contributed by atoms with van der Waals surface area (Å²) in [5, 5.41) is 8.04. The zero-order chi connectivity index (χ0) is 20.7. The molecule has 0 radical (unpaired) electrons. The lowest BCUT2D eigenvalue weighted by molar-refractivity contribution is 0.0727. The Bertz CT molecular complexity index is 1160. The minimum atomic E-state index is -0.105. The predicted molar refractivity (Wildman–Crippen MR) is 109 cm³/mol. The van der Waals surface area contributed by atoms with Gasteiger partial charge in [-0.1, -0.05) is 12.1 Å². The third-order valence-corrected chi connectivity index (χ3v) is 5.69. The zero-order valence-electron chi connectivity index (χ0n) is 16.8. The minimum absolute atomic E-state index is 0.105. The second-order valence-corrected chi connectivity index (χ2v) is 7.66. The van der Waals surface area contributed by atoms with Crippen LogP contribution in [-0.2, 0) is 0 Å². The van der Waals surface area contributed by atoms with E-state index in [1.165, 1.54) is 0 Å². The van der Waals surface area contributed by atoms with Crippen molar-refractivity contribution in [3.8, 4) is 11.5 Å². The van der Waals surface area contributed by atoms with Crippen LogP contribution in [0.25, 0.3) is 22.6 Å². The van der Waals surface area contributed by atoms with E-state index in [1.807, 2.05) is 37.4 Å². The number of nitrogens with zero attached hydrogens (tertiary/aromatic N) is 5. The molecule has 1 saturated carbocycles. The van der Waals surface area contributed by atoms with Crippen LogP contribution < -0.4 is 0 Å². The summed E-state index contributed by atoms with van der Waals surface area (Å²) in [5.41, 5.74) is 2.65. The number of aryl methyl sites for hydroxylation is 1. The molecule has 0 aliphatic heterocycles. The van der Waals surface area contributed by atoms with Gasteiger partial charge in [-0.15, -0.1) is 10.2 Å². The molecule has 1 fully saturated rings. The number of hydrogen-bond acceptors (Lipinski definition) is 7. The quantitative estimate of drug-likeness (QED) is 0.508. The van der Waals surface area contributed by atoms with E-state index in [2.05, 4.69) is 20.2 Å². The molecule has 5 rings (SSSR count). The number of oxazole rings is 1.